The zero-order valence-corrected chi connectivity index (χ0v) is 16.6. The Morgan fingerprint density at radius 2 is 1.71 bits per heavy atom. The van der Waals surface area contributed by atoms with Crippen molar-refractivity contribution in [3.8, 4) is 5.75 Å². The predicted molar refractivity (Wildman–Crippen MR) is 108 cm³/mol. The summed E-state index contributed by atoms with van der Waals surface area (Å²) in [5.41, 5.74) is 7.29. The third-order valence-corrected chi connectivity index (χ3v) is 4.61. The van der Waals surface area contributed by atoms with E-state index in [1.807, 2.05) is 68.7 Å². The second-order valence-corrected chi connectivity index (χ2v) is 6.90. The topological polar surface area (TPSA) is 97.9 Å². The van der Waals surface area contributed by atoms with Gasteiger partial charge in [-0.05, 0) is 29.8 Å². The van der Waals surface area contributed by atoms with Gasteiger partial charge in [0.15, 0.2) is 0 Å². The first-order chi connectivity index (χ1) is 13.4. The summed E-state index contributed by atoms with van der Waals surface area (Å²) in [6.45, 7) is 0.430. The Balaban J connectivity index is 2.06. The molecular formula is C21H29N4O3+. The lowest BCUT2D eigenvalue weighted by Gasteiger charge is -2.24. The summed E-state index contributed by atoms with van der Waals surface area (Å²) in [7, 11) is 5.69. The van der Waals surface area contributed by atoms with E-state index in [2.05, 4.69) is 10.6 Å². The largest absolute Gasteiger partial charge is 0.497 e. The number of methoxy groups -OCH3 is 1. The summed E-state index contributed by atoms with van der Waals surface area (Å²) in [4.78, 5) is 25.3. The van der Waals surface area contributed by atoms with Gasteiger partial charge in [-0.25, -0.2) is 4.79 Å². The molecule has 0 aliphatic heterocycles. The van der Waals surface area contributed by atoms with Crippen LogP contribution in [-0.4, -0.2) is 45.7 Å². The van der Waals surface area contributed by atoms with E-state index in [0.717, 1.165) is 16.9 Å². The van der Waals surface area contributed by atoms with Crippen LogP contribution in [0.5, 0.6) is 5.75 Å². The Labute approximate surface area is 165 Å². The van der Waals surface area contributed by atoms with Gasteiger partial charge in [-0.15, -0.1) is 0 Å². The molecule has 0 saturated carbocycles. The van der Waals surface area contributed by atoms with Crippen molar-refractivity contribution in [3.05, 3.63) is 65.7 Å². The molecule has 2 rings (SSSR count). The lowest BCUT2D eigenvalue weighted by Crippen LogP contribution is -3.07. The van der Waals surface area contributed by atoms with Gasteiger partial charge in [0.25, 0.3) is 0 Å². The number of nitrogens with two attached hydrogens (primary N) is 1. The first-order valence-corrected chi connectivity index (χ1v) is 9.22. The van der Waals surface area contributed by atoms with Crippen LogP contribution >= 0.6 is 0 Å². The Morgan fingerprint density at radius 1 is 1.07 bits per heavy atom. The van der Waals surface area contributed by atoms with Gasteiger partial charge in [0, 0.05) is 12.0 Å². The van der Waals surface area contributed by atoms with Crippen LogP contribution in [0.1, 0.15) is 17.2 Å². The molecule has 0 spiro atoms. The average molecular weight is 385 g/mol. The average Bonchev–Trinajstić information content (AvgIpc) is 2.68. The van der Waals surface area contributed by atoms with Gasteiger partial charge >= 0.3 is 6.03 Å². The van der Waals surface area contributed by atoms with Gasteiger partial charge in [-0.3, -0.25) is 4.79 Å². The maximum atomic E-state index is 12.7. The highest BCUT2D eigenvalue weighted by Crippen LogP contribution is 2.15. The first-order valence-electron chi connectivity index (χ1n) is 9.22. The van der Waals surface area contributed by atoms with E-state index in [-0.39, 0.29) is 11.9 Å². The van der Waals surface area contributed by atoms with Crippen molar-refractivity contribution >= 4 is 11.9 Å². The molecule has 0 saturated heterocycles. The van der Waals surface area contributed by atoms with Crippen molar-refractivity contribution in [1.82, 2.24) is 10.6 Å². The summed E-state index contributed by atoms with van der Waals surface area (Å²) >= 11 is 0. The van der Waals surface area contributed by atoms with Crippen molar-refractivity contribution in [2.24, 2.45) is 5.73 Å². The minimum Gasteiger partial charge on any atom is -0.497 e. The second kappa shape index (κ2) is 10.3. The number of carbonyl (C=O) groups is 2. The number of urea groups is 1. The Hall–Kier alpha value is -3.06. The number of ether oxygens (including phenoxy) is 1. The molecule has 7 heteroatoms. The van der Waals surface area contributed by atoms with Gasteiger partial charge in [0.05, 0.1) is 27.7 Å². The molecule has 7 nitrogen and oxygen atoms in total. The third-order valence-electron chi connectivity index (χ3n) is 4.61. The van der Waals surface area contributed by atoms with E-state index in [1.54, 1.807) is 7.11 Å². The molecule has 28 heavy (non-hydrogen) atoms. The highest BCUT2D eigenvalue weighted by molar-refractivity contribution is 5.86. The number of primary amides is 1. The van der Waals surface area contributed by atoms with E-state index in [4.69, 9.17) is 10.5 Å². The molecule has 3 amide bonds. The number of quaternary nitrogens is 1. The molecule has 0 heterocycles. The van der Waals surface area contributed by atoms with Crippen LogP contribution < -0.4 is 26.0 Å². The quantitative estimate of drug-likeness (QED) is 0.499. The highest BCUT2D eigenvalue weighted by Gasteiger charge is 2.24. The molecule has 2 aromatic carbocycles. The van der Waals surface area contributed by atoms with Gasteiger partial charge < -0.3 is 26.0 Å². The number of rotatable bonds is 9. The fourth-order valence-electron chi connectivity index (χ4n) is 3.05. The minimum atomic E-state index is -0.728. The summed E-state index contributed by atoms with van der Waals surface area (Å²) in [6.07, 6.45) is 0.373. The normalized spacial score (nSPS) is 12.9. The molecule has 5 N–H and O–H groups in total. The van der Waals surface area contributed by atoms with Crippen LogP contribution in [0.4, 0.5) is 4.79 Å². The third kappa shape index (κ3) is 6.28. The lowest BCUT2D eigenvalue weighted by atomic mass is 10.0. The van der Waals surface area contributed by atoms with Crippen LogP contribution in [0.3, 0.4) is 0 Å². The van der Waals surface area contributed by atoms with Gasteiger partial charge in [0.1, 0.15) is 17.8 Å². The van der Waals surface area contributed by atoms with E-state index in [9.17, 15) is 9.59 Å². The number of amides is 3. The molecular weight excluding hydrogens is 356 g/mol. The van der Waals surface area contributed by atoms with Crippen molar-refractivity contribution in [2.75, 3.05) is 27.7 Å². The van der Waals surface area contributed by atoms with Crippen molar-refractivity contribution in [2.45, 2.75) is 18.5 Å². The molecule has 2 aromatic rings. The van der Waals surface area contributed by atoms with Crippen LogP contribution in [0, 0.1) is 0 Å². The van der Waals surface area contributed by atoms with E-state index in [0.29, 0.717) is 13.0 Å². The standard InChI is InChI=1S/C21H28N4O3/c1-25(2)19(16-9-11-17(28-3)12-10-16)14-23-20(26)18(24-21(22)27)13-15-7-5-4-6-8-15/h4-12,18-19H,13-14H2,1-3H3,(H,23,26)(H3,22,24,27)/p+1/t18-,19+/m1/s1. The fourth-order valence-corrected chi connectivity index (χ4v) is 3.05. The maximum absolute atomic E-state index is 12.7. The molecule has 0 aliphatic carbocycles. The zero-order valence-electron chi connectivity index (χ0n) is 16.6. The number of hydrogen-bond donors (Lipinski definition) is 4. The minimum absolute atomic E-state index is 0.0563. The SMILES string of the molecule is COc1ccc([C@H](CNC(=O)[C@@H](Cc2ccccc2)NC(N)=O)[NH+](C)C)cc1. The van der Waals surface area contributed by atoms with E-state index >= 15 is 0 Å². The fraction of sp³-hybridized carbons (Fsp3) is 0.333. The Kier molecular flexibility index (Phi) is 7.83. The second-order valence-electron chi connectivity index (χ2n) is 6.90. The van der Waals surface area contributed by atoms with E-state index < -0.39 is 12.1 Å². The molecule has 0 bridgehead atoms. The molecule has 0 fully saturated rings. The smallest absolute Gasteiger partial charge is 0.312 e. The molecule has 2 atom stereocenters. The van der Waals surface area contributed by atoms with Gasteiger partial charge in [-0.1, -0.05) is 30.3 Å². The van der Waals surface area contributed by atoms with Crippen LogP contribution in [0.15, 0.2) is 54.6 Å². The van der Waals surface area contributed by atoms with Crippen molar-refractivity contribution in [1.29, 1.82) is 0 Å². The van der Waals surface area contributed by atoms with Crippen LogP contribution in [0.25, 0.3) is 0 Å². The Morgan fingerprint density at radius 3 is 2.25 bits per heavy atom. The van der Waals surface area contributed by atoms with Crippen molar-refractivity contribution < 1.29 is 19.2 Å². The lowest BCUT2D eigenvalue weighted by molar-refractivity contribution is -0.890. The van der Waals surface area contributed by atoms with Crippen LogP contribution in [0.2, 0.25) is 0 Å². The first kappa shape index (κ1) is 21.2. The summed E-state index contributed by atoms with van der Waals surface area (Å²) in [5.74, 6) is 0.524. The number of hydrogen-bond acceptors (Lipinski definition) is 3. The Bertz CT molecular complexity index is 763. The number of likely N-dealkylation sites (N-methyl/N-ethyl adjacent to an activating group) is 1. The zero-order chi connectivity index (χ0) is 20.5. The molecule has 0 unspecified atom stereocenters. The van der Waals surface area contributed by atoms with Gasteiger partial charge in [-0.2, -0.15) is 0 Å². The maximum Gasteiger partial charge on any atom is 0.312 e. The monoisotopic (exact) mass is 385 g/mol. The number of nitrogens with one attached hydrogen (secondary N) is 3. The molecule has 0 aromatic heterocycles. The van der Waals surface area contributed by atoms with Crippen molar-refractivity contribution in [3.63, 3.8) is 0 Å². The molecule has 150 valence electrons. The summed E-state index contributed by atoms with van der Waals surface area (Å²) < 4.78 is 5.20. The van der Waals surface area contributed by atoms with Gasteiger partial charge in [0.2, 0.25) is 5.91 Å². The van der Waals surface area contributed by atoms with Crippen LogP contribution in [-0.2, 0) is 11.2 Å². The number of benzene rings is 2. The number of carbonyl (C=O) groups excluding carboxylic acids is 2. The molecule has 0 aliphatic rings. The van der Waals surface area contributed by atoms with E-state index in [1.165, 1.54) is 4.90 Å². The summed E-state index contributed by atoms with van der Waals surface area (Å²) in [5, 5.41) is 5.50. The summed E-state index contributed by atoms with van der Waals surface area (Å²) in [6, 6.07) is 15.9. The molecule has 0 radical (unpaired) electrons. The highest BCUT2D eigenvalue weighted by atomic mass is 16.5. The predicted octanol–water partition coefficient (Wildman–Crippen LogP) is 0.277.